The fourth-order valence-corrected chi connectivity index (χ4v) is 3.43. The maximum absolute atomic E-state index is 12.4. The summed E-state index contributed by atoms with van der Waals surface area (Å²) in [7, 11) is 0. The molecule has 1 aromatic rings. The normalized spacial score (nSPS) is 17.7. The van der Waals surface area contributed by atoms with Crippen LogP contribution in [0.5, 0.6) is 0 Å². The molecule has 6 heteroatoms. The van der Waals surface area contributed by atoms with Gasteiger partial charge in [-0.15, -0.1) is 0 Å². The molecule has 0 aromatic heterocycles. The summed E-state index contributed by atoms with van der Waals surface area (Å²) in [4.78, 5) is 28.1. The lowest BCUT2D eigenvalue weighted by Crippen LogP contribution is -2.37. The second kappa shape index (κ2) is 8.02. The maximum atomic E-state index is 12.4. The molecule has 1 saturated heterocycles. The zero-order valence-corrected chi connectivity index (χ0v) is 15.0. The standard InChI is InChI=1S/C17H22Cl2N2O2/c1-3-20(4-2)17(23)13-9-16(22)21(11-13)8-7-12-5-6-14(18)10-15(12)19/h5-6,10,13H,3-4,7-9,11H2,1-2H3. The van der Waals surface area contributed by atoms with Crippen molar-refractivity contribution < 1.29 is 9.59 Å². The van der Waals surface area contributed by atoms with Crippen LogP contribution in [0.4, 0.5) is 0 Å². The number of benzene rings is 1. The lowest BCUT2D eigenvalue weighted by Gasteiger charge is -2.22. The van der Waals surface area contributed by atoms with Crippen molar-refractivity contribution in [3.63, 3.8) is 0 Å². The minimum absolute atomic E-state index is 0.0422. The summed E-state index contributed by atoms with van der Waals surface area (Å²) in [6.45, 7) is 6.35. The van der Waals surface area contributed by atoms with E-state index in [1.165, 1.54) is 0 Å². The van der Waals surface area contributed by atoms with E-state index >= 15 is 0 Å². The molecular weight excluding hydrogens is 335 g/mol. The van der Waals surface area contributed by atoms with Gasteiger partial charge in [0.2, 0.25) is 11.8 Å². The number of likely N-dealkylation sites (tertiary alicyclic amines) is 1. The number of carbonyl (C=O) groups is 2. The first-order valence-electron chi connectivity index (χ1n) is 7.96. The second-order valence-corrected chi connectivity index (χ2v) is 6.58. The van der Waals surface area contributed by atoms with Crippen molar-refractivity contribution in [2.24, 2.45) is 5.92 Å². The smallest absolute Gasteiger partial charge is 0.227 e. The van der Waals surface area contributed by atoms with Gasteiger partial charge in [0.1, 0.15) is 0 Å². The molecule has 1 fully saturated rings. The third-order valence-electron chi connectivity index (χ3n) is 4.31. The van der Waals surface area contributed by atoms with Crippen molar-refractivity contribution >= 4 is 35.0 Å². The van der Waals surface area contributed by atoms with Crippen LogP contribution in [0.3, 0.4) is 0 Å². The van der Waals surface area contributed by atoms with Gasteiger partial charge >= 0.3 is 0 Å². The fraction of sp³-hybridized carbons (Fsp3) is 0.529. The highest BCUT2D eigenvalue weighted by atomic mass is 35.5. The van der Waals surface area contributed by atoms with Crippen LogP contribution in [0.1, 0.15) is 25.8 Å². The van der Waals surface area contributed by atoms with Crippen LogP contribution in [0.25, 0.3) is 0 Å². The third kappa shape index (κ3) is 4.39. The van der Waals surface area contributed by atoms with Crippen LogP contribution in [-0.4, -0.2) is 47.8 Å². The van der Waals surface area contributed by atoms with Crippen LogP contribution in [0.2, 0.25) is 10.0 Å². The van der Waals surface area contributed by atoms with Gasteiger partial charge in [-0.2, -0.15) is 0 Å². The number of amides is 2. The monoisotopic (exact) mass is 356 g/mol. The lowest BCUT2D eigenvalue weighted by atomic mass is 10.1. The third-order valence-corrected chi connectivity index (χ3v) is 4.89. The van der Waals surface area contributed by atoms with Gasteiger partial charge in [0, 0.05) is 42.6 Å². The molecule has 23 heavy (non-hydrogen) atoms. The molecule has 0 spiro atoms. The van der Waals surface area contributed by atoms with Gasteiger partial charge in [0.05, 0.1) is 5.92 Å². The Morgan fingerprint density at radius 2 is 2.00 bits per heavy atom. The molecule has 2 rings (SSSR count). The average molecular weight is 357 g/mol. The van der Waals surface area contributed by atoms with Crippen LogP contribution < -0.4 is 0 Å². The maximum Gasteiger partial charge on any atom is 0.227 e. The SMILES string of the molecule is CCN(CC)C(=O)C1CC(=O)N(CCc2ccc(Cl)cc2Cl)C1. The number of nitrogens with zero attached hydrogens (tertiary/aromatic N) is 2. The zero-order valence-electron chi connectivity index (χ0n) is 13.5. The Bertz CT molecular complexity index is 588. The van der Waals surface area contributed by atoms with Crippen molar-refractivity contribution in [1.29, 1.82) is 0 Å². The predicted molar refractivity (Wildman–Crippen MR) is 92.8 cm³/mol. The Hall–Kier alpha value is -1.26. The Labute approximate surface area is 147 Å². The molecule has 0 N–H and O–H groups in total. The summed E-state index contributed by atoms with van der Waals surface area (Å²) in [5, 5.41) is 1.21. The van der Waals surface area contributed by atoms with Crippen LogP contribution in [0.15, 0.2) is 18.2 Å². The van der Waals surface area contributed by atoms with Crippen LogP contribution in [0, 0.1) is 5.92 Å². The van der Waals surface area contributed by atoms with E-state index < -0.39 is 0 Å². The van der Waals surface area contributed by atoms with Gasteiger partial charge in [-0.1, -0.05) is 29.3 Å². The number of rotatable bonds is 6. The molecule has 0 bridgehead atoms. The summed E-state index contributed by atoms with van der Waals surface area (Å²) in [6.07, 6.45) is 0.970. The highest BCUT2D eigenvalue weighted by Gasteiger charge is 2.35. The number of carbonyl (C=O) groups excluding carboxylic acids is 2. The molecule has 1 unspecified atom stereocenters. The van der Waals surface area contributed by atoms with E-state index in [2.05, 4.69) is 0 Å². The summed E-state index contributed by atoms with van der Waals surface area (Å²) in [6, 6.07) is 5.38. The Kier molecular flexibility index (Phi) is 6.31. The quantitative estimate of drug-likeness (QED) is 0.784. The predicted octanol–water partition coefficient (Wildman–Crippen LogP) is 3.25. The fourth-order valence-electron chi connectivity index (χ4n) is 2.93. The van der Waals surface area contributed by atoms with E-state index in [4.69, 9.17) is 23.2 Å². The summed E-state index contributed by atoms with van der Waals surface area (Å²) in [5.74, 6) is -0.0981. The largest absolute Gasteiger partial charge is 0.343 e. The molecule has 2 amide bonds. The van der Waals surface area contributed by atoms with Gasteiger partial charge < -0.3 is 9.80 Å². The van der Waals surface area contributed by atoms with E-state index in [1.807, 2.05) is 19.9 Å². The molecule has 4 nitrogen and oxygen atoms in total. The molecule has 0 aliphatic carbocycles. The zero-order chi connectivity index (χ0) is 17.0. The van der Waals surface area contributed by atoms with Crippen molar-refractivity contribution in [3.05, 3.63) is 33.8 Å². The van der Waals surface area contributed by atoms with E-state index in [9.17, 15) is 9.59 Å². The molecule has 1 aromatic carbocycles. The Morgan fingerprint density at radius 3 is 2.61 bits per heavy atom. The van der Waals surface area contributed by atoms with E-state index in [0.29, 0.717) is 49.1 Å². The first-order valence-corrected chi connectivity index (χ1v) is 8.72. The molecular formula is C17H22Cl2N2O2. The Morgan fingerprint density at radius 1 is 1.30 bits per heavy atom. The minimum atomic E-state index is -0.219. The molecule has 1 atom stereocenters. The minimum Gasteiger partial charge on any atom is -0.343 e. The number of hydrogen-bond acceptors (Lipinski definition) is 2. The van der Waals surface area contributed by atoms with E-state index in [1.54, 1.807) is 21.9 Å². The average Bonchev–Trinajstić information content (AvgIpc) is 2.88. The summed E-state index contributed by atoms with van der Waals surface area (Å²) in [5.41, 5.74) is 0.961. The van der Waals surface area contributed by atoms with Gasteiger partial charge in [-0.3, -0.25) is 9.59 Å². The summed E-state index contributed by atoms with van der Waals surface area (Å²) < 4.78 is 0. The molecule has 1 heterocycles. The first-order chi connectivity index (χ1) is 11.0. The Balaban J connectivity index is 1.94. The second-order valence-electron chi connectivity index (χ2n) is 5.74. The van der Waals surface area contributed by atoms with Gasteiger partial charge in [-0.25, -0.2) is 0 Å². The van der Waals surface area contributed by atoms with Gasteiger partial charge in [0.25, 0.3) is 0 Å². The highest BCUT2D eigenvalue weighted by Crippen LogP contribution is 2.24. The number of halogens is 2. The van der Waals surface area contributed by atoms with Crippen LogP contribution in [-0.2, 0) is 16.0 Å². The topological polar surface area (TPSA) is 40.6 Å². The molecule has 1 aliphatic heterocycles. The van der Waals surface area contributed by atoms with Crippen molar-refractivity contribution in [2.45, 2.75) is 26.7 Å². The first kappa shape index (κ1) is 18.1. The summed E-state index contributed by atoms with van der Waals surface area (Å²) >= 11 is 12.0. The van der Waals surface area contributed by atoms with Crippen molar-refractivity contribution in [2.75, 3.05) is 26.2 Å². The molecule has 1 aliphatic rings. The molecule has 126 valence electrons. The lowest BCUT2D eigenvalue weighted by molar-refractivity contribution is -0.135. The molecule has 0 saturated carbocycles. The van der Waals surface area contributed by atoms with Crippen molar-refractivity contribution in [1.82, 2.24) is 9.80 Å². The van der Waals surface area contributed by atoms with E-state index in [0.717, 1.165) is 5.56 Å². The number of hydrogen-bond donors (Lipinski definition) is 0. The van der Waals surface area contributed by atoms with Crippen LogP contribution >= 0.6 is 23.2 Å². The highest BCUT2D eigenvalue weighted by molar-refractivity contribution is 6.35. The van der Waals surface area contributed by atoms with Crippen molar-refractivity contribution in [3.8, 4) is 0 Å². The van der Waals surface area contributed by atoms with Gasteiger partial charge in [0.15, 0.2) is 0 Å². The van der Waals surface area contributed by atoms with Gasteiger partial charge in [-0.05, 0) is 38.0 Å². The molecule has 0 radical (unpaired) electrons. The van der Waals surface area contributed by atoms with E-state index in [-0.39, 0.29) is 17.7 Å².